The number of hydrogen-bond donors (Lipinski definition) is 1. The summed E-state index contributed by atoms with van der Waals surface area (Å²) in [6, 6.07) is 9.79. The van der Waals surface area contributed by atoms with Crippen LogP contribution in [0.1, 0.15) is 16.7 Å². The molecule has 0 unspecified atom stereocenters. The van der Waals surface area contributed by atoms with Crippen molar-refractivity contribution in [1.82, 2.24) is 4.98 Å². The van der Waals surface area contributed by atoms with Gasteiger partial charge in [0.2, 0.25) is 0 Å². The second kappa shape index (κ2) is 4.95. The second-order valence-corrected chi connectivity index (χ2v) is 5.02. The molecule has 20 heavy (non-hydrogen) atoms. The van der Waals surface area contributed by atoms with Crippen LogP contribution in [0.3, 0.4) is 0 Å². The van der Waals surface area contributed by atoms with E-state index in [0.29, 0.717) is 12.1 Å². The molecule has 2 heterocycles. The zero-order valence-corrected chi connectivity index (χ0v) is 11.3. The van der Waals surface area contributed by atoms with E-state index in [1.807, 2.05) is 13.0 Å². The van der Waals surface area contributed by atoms with Gasteiger partial charge in [0.1, 0.15) is 11.9 Å². The molecule has 0 amide bonds. The molecule has 2 N–H and O–H groups in total. The fraction of sp³-hybridized carbons (Fsp3) is 0.250. The normalized spacial score (nSPS) is 16.4. The number of nitriles is 1. The van der Waals surface area contributed by atoms with Crippen molar-refractivity contribution in [2.24, 2.45) is 5.73 Å². The van der Waals surface area contributed by atoms with Crippen molar-refractivity contribution in [3.05, 3.63) is 47.2 Å². The van der Waals surface area contributed by atoms with Crippen LogP contribution in [0.4, 0.5) is 0 Å². The van der Waals surface area contributed by atoms with Crippen LogP contribution in [-0.2, 0) is 6.42 Å². The van der Waals surface area contributed by atoms with Crippen LogP contribution in [0.5, 0.6) is 5.75 Å². The monoisotopic (exact) mass is 265 g/mol. The smallest absolute Gasteiger partial charge is 0.132 e. The first-order valence-electron chi connectivity index (χ1n) is 6.58. The molecule has 2 aromatic rings. The standard InChI is InChI=1S/C16H15N3O/c1-10-4-12-7-13(9-18)20-16(12)14(5-10)15-6-11(8-17)2-3-19-15/h2-6,13H,7,9,18H2,1H3/t13-/m0/s1. The molecule has 1 atom stereocenters. The van der Waals surface area contributed by atoms with Crippen molar-refractivity contribution >= 4 is 0 Å². The Bertz CT molecular complexity index is 703. The van der Waals surface area contributed by atoms with Gasteiger partial charge in [-0.15, -0.1) is 0 Å². The van der Waals surface area contributed by atoms with E-state index in [1.54, 1.807) is 18.3 Å². The largest absolute Gasteiger partial charge is 0.488 e. The first-order chi connectivity index (χ1) is 9.71. The molecule has 0 spiro atoms. The predicted molar refractivity (Wildman–Crippen MR) is 76.3 cm³/mol. The summed E-state index contributed by atoms with van der Waals surface area (Å²) in [5, 5.41) is 9.01. The van der Waals surface area contributed by atoms with Crippen LogP contribution in [-0.4, -0.2) is 17.6 Å². The van der Waals surface area contributed by atoms with Gasteiger partial charge in [-0.25, -0.2) is 0 Å². The van der Waals surface area contributed by atoms with Gasteiger partial charge < -0.3 is 10.5 Å². The van der Waals surface area contributed by atoms with Crippen molar-refractivity contribution in [2.75, 3.05) is 6.54 Å². The van der Waals surface area contributed by atoms with Gasteiger partial charge >= 0.3 is 0 Å². The second-order valence-electron chi connectivity index (χ2n) is 5.02. The van der Waals surface area contributed by atoms with Crippen LogP contribution >= 0.6 is 0 Å². The quantitative estimate of drug-likeness (QED) is 0.903. The number of aromatic nitrogens is 1. The van der Waals surface area contributed by atoms with Crippen molar-refractivity contribution < 1.29 is 4.74 Å². The van der Waals surface area contributed by atoms with Gasteiger partial charge in [-0.1, -0.05) is 6.07 Å². The van der Waals surface area contributed by atoms with Crippen molar-refractivity contribution in [1.29, 1.82) is 5.26 Å². The molecular weight excluding hydrogens is 250 g/mol. The Morgan fingerprint density at radius 3 is 3.05 bits per heavy atom. The average Bonchev–Trinajstić information content (AvgIpc) is 2.89. The Morgan fingerprint density at radius 1 is 1.45 bits per heavy atom. The summed E-state index contributed by atoms with van der Waals surface area (Å²) in [5.74, 6) is 0.855. The Balaban J connectivity index is 2.13. The highest BCUT2D eigenvalue weighted by molar-refractivity contribution is 5.72. The molecule has 1 aliphatic heterocycles. The fourth-order valence-corrected chi connectivity index (χ4v) is 2.56. The summed E-state index contributed by atoms with van der Waals surface area (Å²) >= 11 is 0. The Hall–Kier alpha value is -2.38. The van der Waals surface area contributed by atoms with E-state index in [2.05, 4.69) is 17.1 Å². The zero-order chi connectivity index (χ0) is 14.1. The van der Waals surface area contributed by atoms with E-state index < -0.39 is 0 Å². The summed E-state index contributed by atoms with van der Waals surface area (Å²) in [6.45, 7) is 2.55. The van der Waals surface area contributed by atoms with Crippen LogP contribution in [0.15, 0.2) is 30.5 Å². The molecule has 0 radical (unpaired) electrons. The molecule has 1 aliphatic rings. The minimum absolute atomic E-state index is 0.0321. The number of hydrogen-bond acceptors (Lipinski definition) is 4. The first-order valence-corrected chi connectivity index (χ1v) is 6.58. The molecule has 0 saturated carbocycles. The maximum atomic E-state index is 9.01. The van der Waals surface area contributed by atoms with Gasteiger partial charge in [0.25, 0.3) is 0 Å². The van der Waals surface area contributed by atoms with Gasteiger partial charge in [-0.05, 0) is 36.2 Å². The van der Waals surface area contributed by atoms with E-state index >= 15 is 0 Å². The summed E-state index contributed by atoms with van der Waals surface area (Å²) in [6.07, 6.45) is 2.51. The van der Waals surface area contributed by atoms with Gasteiger partial charge in [-0.2, -0.15) is 5.26 Å². The number of pyridine rings is 1. The van der Waals surface area contributed by atoms with E-state index in [9.17, 15) is 0 Å². The van der Waals surface area contributed by atoms with E-state index in [4.69, 9.17) is 15.7 Å². The maximum absolute atomic E-state index is 9.01. The number of rotatable bonds is 2. The van der Waals surface area contributed by atoms with Crippen molar-refractivity contribution in [3.8, 4) is 23.1 Å². The molecule has 0 aliphatic carbocycles. The Kier molecular flexibility index (Phi) is 3.13. The van der Waals surface area contributed by atoms with Gasteiger partial charge in [0.05, 0.1) is 17.3 Å². The fourth-order valence-electron chi connectivity index (χ4n) is 2.56. The van der Waals surface area contributed by atoms with E-state index in [-0.39, 0.29) is 6.10 Å². The average molecular weight is 265 g/mol. The zero-order valence-electron chi connectivity index (χ0n) is 11.3. The lowest BCUT2D eigenvalue weighted by Crippen LogP contribution is -2.24. The SMILES string of the molecule is Cc1cc2c(c(-c3cc(C#N)ccn3)c1)O[C@H](CN)C2. The topological polar surface area (TPSA) is 71.9 Å². The maximum Gasteiger partial charge on any atom is 0.132 e. The van der Waals surface area contributed by atoms with Crippen LogP contribution in [0.25, 0.3) is 11.3 Å². The van der Waals surface area contributed by atoms with E-state index in [1.165, 1.54) is 5.56 Å². The lowest BCUT2D eigenvalue weighted by atomic mass is 10.00. The van der Waals surface area contributed by atoms with Crippen molar-refractivity contribution in [3.63, 3.8) is 0 Å². The van der Waals surface area contributed by atoms with Crippen LogP contribution in [0, 0.1) is 18.3 Å². The number of aryl methyl sites for hydroxylation is 1. The minimum atomic E-state index is 0.0321. The molecule has 1 aromatic heterocycles. The third-order valence-electron chi connectivity index (χ3n) is 3.47. The highest BCUT2D eigenvalue weighted by Crippen LogP contribution is 2.39. The Morgan fingerprint density at radius 2 is 2.30 bits per heavy atom. The molecular formula is C16H15N3O. The lowest BCUT2D eigenvalue weighted by molar-refractivity contribution is 0.242. The Labute approximate surface area is 117 Å². The van der Waals surface area contributed by atoms with Crippen LogP contribution < -0.4 is 10.5 Å². The highest BCUT2D eigenvalue weighted by atomic mass is 16.5. The van der Waals surface area contributed by atoms with Gasteiger partial charge in [-0.3, -0.25) is 4.98 Å². The van der Waals surface area contributed by atoms with E-state index in [0.717, 1.165) is 29.0 Å². The van der Waals surface area contributed by atoms with Gasteiger partial charge in [0, 0.05) is 24.7 Å². The number of ether oxygens (including phenoxy) is 1. The molecule has 0 bridgehead atoms. The molecule has 4 heteroatoms. The van der Waals surface area contributed by atoms with Gasteiger partial charge in [0.15, 0.2) is 0 Å². The predicted octanol–water partition coefficient (Wildman–Crippen LogP) is 2.19. The van der Waals surface area contributed by atoms with Crippen molar-refractivity contribution in [2.45, 2.75) is 19.4 Å². The third-order valence-corrected chi connectivity index (χ3v) is 3.47. The number of fused-ring (bicyclic) bond motifs is 1. The lowest BCUT2D eigenvalue weighted by Gasteiger charge is -2.11. The first kappa shape index (κ1) is 12.6. The summed E-state index contributed by atoms with van der Waals surface area (Å²) in [5.41, 5.74) is 10.3. The summed E-state index contributed by atoms with van der Waals surface area (Å²) in [4.78, 5) is 4.36. The summed E-state index contributed by atoms with van der Waals surface area (Å²) in [7, 11) is 0. The molecule has 4 nitrogen and oxygen atoms in total. The number of benzene rings is 1. The molecule has 1 aromatic carbocycles. The molecule has 0 fully saturated rings. The molecule has 3 rings (SSSR count). The molecule has 0 saturated heterocycles. The number of nitrogens with two attached hydrogens (primary N) is 1. The van der Waals surface area contributed by atoms with Crippen LogP contribution in [0.2, 0.25) is 0 Å². The highest BCUT2D eigenvalue weighted by Gasteiger charge is 2.25. The minimum Gasteiger partial charge on any atom is -0.488 e. The molecule has 100 valence electrons. The number of nitrogens with zero attached hydrogens (tertiary/aromatic N) is 2. The summed E-state index contributed by atoms with van der Waals surface area (Å²) < 4.78 is 5.92. The third kappa shape index (κ3) is 2.13.